The Hall–Kier alpha value is -1.50. The minimum absolute atomic E-state index is 0.388. The number of methoxy groups -OCH3 is 1. The third kappa shape index (κ3) is 4.77. The van der Waals surface area contributed by atoms with Gasteiger partial charge in [-0.1, -0.05) is 0 Å². The van der Waals surface area contributed by atoms with Crippen LogP contribution in [-0.2, 0) is 19.1 Å². The number of esters is 1. The first-order chi connectivity index (χ1) is 9.53. The summed E-state index contributed by atoms with van der Waals surface area (Å²) in [6, 6.07) is -1.22. The highest BCUT2D eigenvalue weighted by molar-refractivity contribution is 5.94. The van der Waals surface area contributed by atoms with Crippen molar-refractivity contribution in [1.82, 2.24) is 10.6 Å². The number of hydrogen-bond donors (Lipinski definition) is 2. The molecule has 0 rings (SSSR count). The molecule has 0 radical (unpaired) electrons. The third-order valence-electron chi connectivity index (χ3n) is 4.18. The third-order valence-corrected chi connectivity index (χ3v) is 4.18. The number of amides is 1. The lowest BCUT2D eigenvalue weighted by Gasteiger charge is -2.40. The van der Waals surface area contributed by atoms with Crippen molar-refractivity contribution in [2.75, 3.05) is 20.8 Å². The zero-order valence-electron chi connectivity index (χ0n) is 13.5. The fourth-order valence-electron chi connectivity index (χ4n) is 1.52. The standard InChI is InChI=1S/C14H25FN2O4/c1-13(2,14(3,4)16-5)12(20)17-9(10(18)8-15)7-11(19)21-6/h9,16H,7-8H2,1-6H3,(H,17,20). The number of carbonyl (C=O) groups excluding carboxylic acids is 3. The molecule has 0 spiro atoms. The largest absolute Gasteiger partial charge is 0.469 e. The van der Waals surface area contributed by atoms with Gasteiger partial charge in [0.1, 0.15) is 12.7 Å². The van der Waals surface area contributed by atoms with Gasteiger partial charge in [0, 0.05) is 5.54 Å². The second kappa shape index (κ2) is 7.49. The van der Waals surface area contributed by atoms with Crippen LogP contribution < -0.4 is 10.6 Å². The average molecular weight is 304 g/mol. The van der Waals surface area contributed by atoms with Crippen LogP contribution in [0.3, 0.4) is 0 Å². The van der Waals surface area contributed by atoms with E-state index < -0.39 is 41.3 Å². The van der Waals surface area contributed by atoms with Crippen LogP contribution in [0.1, 0.15) is 34.1 Å². The van der Waals surface area contributed by atoms with Gasteiger partial charge in [-0.2, -0.15) is 0 Å². The highest BCUT2D eigenvalue weighted by atomic mass is 19.1. The lowest BCUT2D eigenvalue weighted by atomic mass is 9.73. The fraction of sp³-hybridized carbons (Fsp3) is 0.786. The molecule has 0 saturated carbocycles. The molecule has 7 heteroatoms. The molecule has 21 heavy (non-hydrogen) atoms. The number of alkyl halides is 1. The van der Waals surface area contributed by atoms with Crippen molar-refractivity contribution in [2.45, 2.75) is 45.7 Å². The molecule has 122 valence electrons. The van der Waals surface area contributed by atoms with Crippen molar-refractivity contribution in [3.05, 3.63) is 0 Å². The van der Waals surface area contributed by atoms with E-state index in [9.17, 15) is 18.8 Å². The first-order valence-corrected chi connectivity index (χ1v) is 6.68. The van der Waals surface area contributed by atoms with Crippen molar-refractivity contribution < 1.29 is 23.5 Å². The van der Waals surface area contributed by atoms with Crippen molar-refractivity contribution in [2.24, 2.45) is 5.41 Å². The van der Waals surface area contributed by atoms with Gasteiger partial charge in [-0.05, 0) is 34.7 Å². The molecule has 0 saturated heterocycles. The van der Waals surface area contributed by atoms with Crippen LogP contribution in [-0.4, -0.2) is 50.1 Å². The van der Waals surface area contributed by atoms with Crippen LogP contribution in [0.5, 0.6) is 0 Å². The normalized spacial score (nSPS) is 13.5. The number of rotatable bonds is 8. The number of carbonyl (C=O) groups is 3. The minimum Gasteiger partial charge on any atom is -0.469 e. The highest BCUT2D eigenvalue weighted by Crippen LogP contribution is 2.30. The van der Waals surface area contributed by atoms with Crippen LogP contribution in [0.2, 0.25) is 0 Å². The molecule has 1 atom stereocenters. The molecule has 0 bridgehead atoms. The smallest absolute Gasteiger partial charge is 0.308 e. The molecule has 2 N–H and O–H groups in total. The summed E-state index contributed by atoms with van der Waals surface area (Å²) in [5.74, 6) is -1.99. The molecular formula is C14H25FN2O4. The van der Waals surface area contributed by atoms with Crippen molar-refractivity contribution in [3.63, 3.8) is 0 Å². The van der Waals surface area contributed by atoms with E-state index in [2.05, 4.69) is 15.4 Å². The molecule has 0 aromatic heterocycles. The minimum atomic E-state index is -1.25. The number of Topliss-reactive ketones (excluding diaryl/α,β-unsaturated/α-hetero) is 1. The molecule has 0 fully saturated rings. The van der Waals surface area contributed by atoms with Gasteiger partial charge in [-0.15, -0.1) is 0 Å². The summed E-state index contributed by atoms with van der Waals surface area (Å²) < 4.78 is 17.0. The monoisotopic (exact) mass is 304 g/mol. The Labute approximate surface area is 124 Å². The van der Waals surface area contributed by atoms with Gasteiger partial charge in [-0.25, -0.2) is 4.39 Å². The summed E-state index contributed by atoms with van der Waals surface area (Å²) in [5.41, 5.74) is -1.45. The van der Waals surface area contributed by atoms with E-state index in [1.807, 2.05) is 13.8 Å². The van der Waals surface area contributed by atoms with Gasteiger partial charge < -0.3 is 15.4 Å². The van der Waals surface area contributed by atoms with Crippen LogP contribution in [0.25, 0.3) is 0 Å². The molecular weight excluding hydrogens is 279 g/mol. The summed E-state index contributed by atoms with van der Waals surface area (Å²) >= 11 is 0. The summed E-state index contributed by atoms with van der Waals surface area (Å²) in [6.45, 7) is 5.82. The SMILES string of the molecule is CNC(C)(C)C(C)(C)C(=O)NC(CC(=O)OC)C(=O)CF. The molecule has 0 aliphatic rings. The topological polar surface area (TPSA) is 84.5 Å². The number of nitrogens with one attached hydrogen (secondary N) is 2. The van der Waals surface area contributed by atoms with Crippen molar-refractivity contribution >= 4 is 17.7 Å². The Kier molecular flexibility index (Phi) is 6.96. The number of ketones is 1. The maximum atomic E-state index is 12.6. The van der Waals surface area contributed by atoms with Crippen LogP contribution in [0.15, 0.2) is 0 Å². The second-order valence-corrected chi connectivity index (χ2v) is 5.91. The molecule has 0 aliphatic heterocycles. The summed E-state index contributed by atoms with van der Waals surface area (Å²) in [4.78, 5) is 35.2. The average Bonchev–Trinajstić information content (AvgIpc) is 2.44. The van der Waals surface area contributed by atoms with E-state index in [0.717, 1.165) is 7.11 Å². The van der Waals surface area contributed by atoms with Crippen LogP contribution in [0, 0.1) is 5.41 Å². The Morgan fingerprint density at radius 2 is 1.71 bits per heavy atom. The maximum absolute atomic E-state index is 12.6. The molecule has 0 heterocycles. The van der Waals surface area contributed by atoms with Crippen molar-refractivity contribution in [1.29, 1.82) is 0 Å². The number of hydrogen-bond acceptors (Lipinski definition) is 5. The van der Waals surface area contributed by atoms with Gasteiger partial charge in [0.25, 0.3) is 0 Å². The highest BCUT2D eigenvalue weighted by Gasteiger charge is 2.43. The zero-order chi connectivity index (χ0) is 16.8. The molecule has 0 aromatic rings. The Morgan fingerprint density at radius 1 is 1.19 bits per heavy atom. The Morgan fingerprint density at radius 3 is 2.10 bits per heavy atom. The van der Waals surface area contributed by atoms with Gasteiger partial charge >= 0.3 is 5.97 Å². The first kappa shape index (κ1) is 19.5. The lowest BCUT2D eigenvalue weighted by molar-refractivity contribution is -0.144. The van der Waals surface area contributed by atoms with Gasteiger partial charge in [0.15, 0.2) is 5.78 Å². The number of ether oxygens (including phenoxy) is 1. The van der Waals surface area contributed by atoms with Gasteiger partial charge in [0.2, 0.25) is 5.91 Å². The zero-order valence-corrected chi connectivity index (χ0v) is 13.5. The van der Waals surface area contributed by atoms with Crippen molar-refractivity contribution in [3.8, 4) is 0 Å². The molecule has 0 aromatic carbocycles. The quantitative estimate of drug-likeness (QED) is 0.641. The molecule has 0 aliphatic carbocycles. The fourth-order valence-corrected chi connectivity index (χ4v) is 1.52. The van der Waals surface area contributed by atoms with Crippen LogP contribution in [0.4, 0.5) is 4.39 Å². The molecule has 1 amide bonds. The van der Waals surface area contributed by atoms with E-state index >= 15 is 0 Å². The Bertz CT molecular complexity index is 408. The maximum Gasteiger partial charge on any atom is 0.308 e. The lowest BCUT2D eigenvalue weighted by Crippen LogP contribution is -2.59. The van der Waals surface area contributed by atoms with E-state index in [4.69, 9.17) is 0 Å². The summed E-state index contributed by atoms with van der Waals surface area (Å²) in [6.07, 6.45) is -0.388. The summed E-state index contributed by atoms with van der Waals surface area (Å²) in [5, 5.41) is 5.46. The Balaban J connectivity index is 5.13. The van der Waals surface area contributed by atoms with Gasteiger partial charge in [0.05, 0.1) is 18.9 Å². The predicted octanol–water partition coefficient (Wildman–Crippen LogP) is 0.597. The van der Waals surface area contributed by atoms with E-state index in [1.54, 1.807) is 20.9 Å². The second-order valence-electron chi connectivity index (χ2n) is 5.91. The van der Waals surface area contributed by atoms with Gasteiger partial charge in [-0.3, -0.25) is 14.4 Å². The summed E-state index contributed by atoms with van der Waals surface area (Å²) in [7, 11) is 2.88. The number of halogens is 1. The van der Waals surface area contributed by atoms with E-state index in [1.165, 1.54) is 0 Å². The predicted molar refractivity (Wildman–Crippen MR) is 76.5 cm³/mol. The first-order valence-electron chi connectivity index (χ1n) is 6.68. The van der Waals surface area contributed by atoms with Crippen LogP contribution >= 0.6 is 0 Å². The van der Waals surface area contributed by atoms with E-state index in [0.29, 0.717) is 0 Å². The molecule has 6 nitrogen and oxygen atoms in total. The van der Waals surface area contributed by atoms with E-state index in [-0.39, 0.29) is 6.42 Å². The molecule has 1 unspecified atom stereocenters.